The van der Waals surface area contributed by atoms with Crippen LogP contribution in [0.2, 0.25) is 0 Å². The molecule has 0 spiro atoms. The van der Waals surface area contributed by atoms with Crippen molar-refractivity contribution in [3.63, 3.8) is 0 Å². The summed E-state index contributed by atoms with van der Waals surface area (Å²) in [5.74, 6) is 0. The third-order valence-corrected chi connectivity index (χ3v) is 2.85. The molecule has 0 radical (unpaired) electrons. The minimum atomic E-state index is 0.158. The molecular formula is C11H23NO. The van der Waals surface area contributed by atoms with Crippen LogP contribution in [-0.4, -0.2) is 24.8 Å². The van der Waals surface area contributed by atoms with Crippen LogP contribution in [0.25, 0.3) is 0 Å². The molecule has 78 valence electrons. The number of ether oxygens (including phenoxy) is 1. The first-order valence-corrected chi connectivity index (χ1v) is 5.53. The van der Waals surface area contributed by atoms with Gasteiger partial charge in [-0.3, -0.25) is 0 Å². The zero-order chi connectivity index (χ0) is 9.73. The van der Waals surface area contributed by atoms with Crippen molar-refractivity contribution in [3.8, 4) is 0 Å². The van der Waals surface area contributed by atoms with Crippen molar-refractivity contribution in [2.75, 3.05) is 13.2 Å². The summed E-state index contributed by atoms with van der Waals surface area (Å²) >= 11 is 0. The van der Waals surface area contributed by atoms with Gasteiger partial charge in [0.1, 0.15) is 0 Å². The van der Waals surface area contributed by atoms with Gasteiger partial charge in [-0.05, 0) is 39.7 Å². The molecule has 0 amide bonds. The van der Waals surface area contributed by atoms with E-state index in [0.717, 1.165) is 13.2 Å². The van der Waals surface area contributed by atoms with E-state index < -0.39 is 0 Å². The maximum Gasteiger partial charge on any atom is 0.0751 e. The van der Waals surface area contributed by atoms with Crippen molar-refractivity contribution in [2.24, 2.45) is 0 Å². The van der Waals surface area contributed by atoms with E-state index in [1.165, 1.54) is 25.7 Å². The number of rotatable bonds is 5. The molecule has 1 rings (SSSR count). The van der Waals surface area contributed by atoms with E-state index in [-0.39, 0.29) is 5.54 Å². The monoisotopic (exact) mass is 185 g/mol. The molecule has 1 aliphatic heterocycles. The lowest BCUT2D eigenvalue weighted by atomic mass is 9.95. The fraction of sp³-hybridized carbons (Fsp3) is 1.00. The Morgan fingerprint density at radius 2 is 2.23 bits per heavy atom. The van der Waals surface area contributed by atoms with Gasteiger partial charge in [-0.15, -0.1) is 0 Å². The van der Waals surface area contributed by atoms with Crippen LogP contribution in [0.1, 0.15) is 46.5 Å². The van der Waals surface area contributed by atoms with E-state index in [4.69, 9.17) is 4.74 Å². The molecule has 1 atom stereocenters. The number of hydrogen-bond donors (Lipinski definition) is 1. The van der Waals surface area contributed by atoms with Gasteiger partial charge in [-0.2, -0.15) is 0 Å². The fourth-order valence-electron chi connectivity index (χ4n) is 1.85. The van der Waals surface area contributed by atoms with Crippen LogP contribution in [-0.2, 0) is 4.74 Å². The van der Waals surface area contributed by atoms with Gasteiger partial charge in [-0.25, -0.2) is 0 Å². The lowest BCUT2D eigenvalue weighted by Gasteiger charge is -2.32. The van der Waals surface area contributed by atoms with Gasteiger partial charge in [0, 0.05) is 12.1 Å². The Morgan fingerprint density at radius 1 is 1.46 bits per heavy atom. The second kappa shape index (κ2) is 4.97. The van der Waals surface area contributed by atoms with Crippen LogP contribution in [0.5, 0.6) is 0 Å². The molecule has 2 heteroatoms. The van der Waals surface area contributed by atoms with Crippen LogP contribution < -0.4 is 5.32 Å². The van der Waals surface area contributed by atoms with Crippen LogP contribution in [0.3, 0.4) is 0 Å². The van der Waals surface area contributed by atoms with Gasteiger partial charge in [0.05, 0.1) is 6.10 Å². The van der Waals surface area contributed by atoms with Crippen LogP contribution in [0.4, 0.5) is 0 Å². The summed E-state index contributed by atoms with van der Waals surface area (Å²) in [5.41, 5.74) is 0.158. The third-order valence-electron chi connectivity index (χ3n) is 2.85. The van der Waals surface area contributed by atoms with Gasteiger partial charge < -0.3 is 10.1 Å². The van der Waals surface area contributed by atoms with Crippen molar-refractivity contribution in [3.05, 3.63) is 0 Å². The molecular weight excluding hydrogens is 162 g/mol. The summed E-state index contributed by atoms with van der Waals surface area (Å²) < 4.78 is 5.69. The lowest BCUT2D eigenvalue weighted by Crippen LogP contribution is -2.49. The first-order chi connectivity index (χ1) is 6.17. The predicted molar refractivity (Wildman–Crippen MR) is 56.0 cm³/mol. The van der Waals surface area contributed by atoms with Crippen molar-refractivity contribution in [2.45, 2.75) is 58.1 Å². The molecule has 1 fully saturated rings. The van der Waals surface area contributed by atoms with Gasteiger partial charge in [0.25, 0.3) is 0 Å². The van der Waals surface area contributed by atoms with Crippen molar-refractivity contribution >= 4 is 0 Å². The highest BCUT2D eigenvalue weighted by atomic mass is 16.5. The average molecular weight is 185 g/mol. The van der Waals surface area contributed by atoms with Gasteiger partial charge >= 0.3 is 0 Å². The molecule has 0 saturated carbocycles. The molecule has 2 nitrogen and oxygen atoms in total. The highest BCUT2D eigenvalue weighted by Crippen LogP contribution is 2.23. The molecule has 0 aromatic carbocycles. The van der Waals surface area contributed by atoms with Gasteiger partial charge in [0.2, 0.25) is 0 Å². The van der Waals surface area contributed by atoms with Crippen molar-refractivity contribution in [1.29, 1.82) is 0 Å². The van der Waals surface area contributed by atoms with E-state index in [0.29, 0.717) is 6.10 Å². The second-order valence-corrected chi connectivity index (χ2v) is 4.50. The third kappa shape index (κ3) is 3.28. The highest BCUT2D eigenvalue weighted by molar-refractivity contribution is 4.89. The Bertz CT molecular complexity index is 139. The summed E-state index contributed by atoms with van der Waals surface area (Å²) in [5, 5.41) is 3.58. The molecule has 0 aromatic heterocycles. The Labute approximate surface area is 82.0 Å². The van der Waals surface area contributed by atoms with E-state index >= 15 is 0 Å². The van der Waals surface area contributed by atoms with E-state index in [2.05, 4.69) is 26.1 Å². The standard InChI is InChI=1S/C11H23NO/c1-4-5-8-12-11(2,3)10-7-6-9-13-10/h10,12H,4-9H2,1-3H3. The van der Waals surface area contributed by atoms with Gasteiger partial charge in [0.15, 0.2) is 0 Å². The molecule has 1 heterocycles. The largest absolute Gasteiger partial charge is 0.376 e. The first kappa shape index (κ1) is 11.0. The predicted octanol–water partition coefficient (Wildman–Crippen LogP) is 2.33. The number of nitrogens with one attached hydrogen (secondary N) is 1. The molecule has 1 saturated heterocycles. The summed E-state index contributed by atoms with van der Waals surface area (Å²) in [6.07, 6.45) is 5.38. The summed E-state index contributed by atoms with van der Waals surface area (Å²) in [6, 6.07) is 0. The highest BCUT2D eigenvalue weighted by Gasteiger charge is 2.31. The normalized spacial score (nSPS) is 23.8. The minimum absolute atomic E-state index is 0.158. The Morgan fingerprint density at radius 3 is 2.77 bits per heavy atom. The molecule has 0 aliphatic carbocycles. The van der Waals surface area contributed by atoms with E-state index in [9.17, 15) is 0 Å². The SMILES string of the molecule is CCCCNC(C)(C)C1CCCO1. The Balaban J connectivity index is 2.26. The van der Waals surface area contributed by atoms with Gasteiger partial charge in [-0.1, -0.05) is 13.3 Å². The van der Waals surface area contributed by atoms with E-state index in [1.54, 1.807) is 0 Å². The molecule has 1 N–H and O–H groups in total. The molecule has 1 aliphatic rings. The Hall–Kier alpha value is -0.0800. The Kier molecular flexibility index (Phi) is 4.20. The zero-order valence-electron chi connectivity index (χ0n) is 9.23. The minimum Gasteiger partial charge on any atom is -0.376 e. The average Bonchev–Trinajstić information content (AvgIpc) is 2.56. The van der Waals surface area contributed by atoms with E-state index in [1.807, 2.05) is 0 Å². The smallest absolute Gasteiger partial charge is 0.0751 e. The van der Waals surface area contributed by atoms with Crippen LogP contribution in [0.15, 0.2) is 0 Å². The first-order valence-electron chi connectivity index (χ1n) is 5.53. The molecule has 13 heavy (non-hydrogen) atoms. The molecule has 0 aromatic rings. The number of unbranched alkanes of at least 4 members (excludes halogenated alkanes) is 1. The zero-order valence-corrected chi connectivity index (χ0v) is 9.23. The topological polar surface area (TPSA) is 21.3 Å². The summed E-state index contributed by atoms with van der Waals surface area (Å²) in [4.78, 5) is 0. The molecule has 1 unspecified atom stereocenters. The van der Waals surface area contributed by atoms with Crippen LogP contribution >= 0.6 is 0 Å². The fourth-order valence-corrected chi connectivity index (χ4v) is 1.85. The maximum absolute atomic E-state index is 5.69. The van der Waals surface area contributed by atoms with Crippen molar-refractivity contribution in [1.82, 2.24) is 5.32 Å². The lowest BCUT2D eigenvalue weighted by molar-refractivity contribution is 0.0438. The molecule has 0 bridgehead atoms. The second-order valence-electron chi connectivity index (χ2n) is 4.50. The van der Waals surface area contributed by atoms with Crippen molar-refractivity contribution < 1.29 is 4.74 Å². The van der Waals surface area contributed by atoms with Crippen LogP contribution in [0, 0.1) is 0 Å². The quantitative estimate of drug-likeness (QED) is 0.664. The number of hydrogen-bond acceptors (Lipinski definition) is 2. The maximum atomic E-state index is 5.69. The summed E-state index contributed by atoms with van der Waals surface area (Å²) in [6.45, 7) is 8.78. The summed E-state index contributed by atoms with van der Waals surface area (Å²) in [7, 11) is 0.